The monoisotopic (exact) mass is 348 g/mol. The third-order valence-electron chi connectivity index (χ3n) is 6.62. The van der Waals surface area contributed by atoms with Crippen molar-refractivity contribution in [3.05, 3.63) is 82.9 Å². The largest absolute Gasteiger partial charge is 0.221 e. The van der Waals surface area contributed by atoms with Gasteiger partial charge in [0.05, 0.1) is 0 Å². The van der Waals surface area contributed by atoms with Crippen LogP contribution >= 0.6 is 10.0 Å². The first kappa shape index (κ1) is 16.7. The van der Waals surface area contributed by atoms with E-state index in [4.69, 9.17) is 0 Å². The van der Waals surface area contributed by atoms with Gasteiger partial charge in [-0.3, -0.25) is 0 Å². The second-order valence-corrected chi connectivity index (χ2v) is 12.1. The lowest BCUT2D eigenvalue weighted by Crippen LogP contribution is -2.39. The lowest BCUT2D eigenvalue weighted by atomic mass is 9.95. The minimum atomic E-state index is -1.06. The standard InChI is InChI=1S/C24H28S/c1-5-16-24(18-15-20-11-7-9-13-22(20)24)25(3,4)23(2)17-14-19-10-6-8-12-21(19)23/h6-15,17-18H,5,16H2,1-4H3. The van der Waals surface area contributed by atoms with E-state index in [0.717, 1.165) is 0 Å². The molecule has 0 aromatic heterocycles. The fourth-order valence-corrected chi connectivity index (χ4v) is 8.65. The summed E-state index contributed by atoms with van der Waals surface area (Å²) in [6, 6.07) is 18.0. The van der Waals surface area contributed by atoms with Crippen LogP contribution in [0.4, 0.5) is 0 Å². The summed E-state index contributed by atoms with van der Waals surface area (Å²) in [6.45, 7) is 4.80. The van der Waals surface area contributed by atoms with Gasteiger partial charge in [-0.15, -0.1) is 0 Å². The molecule has 0 bridgehead atoms. The third-order valence-corrected chi connectivity index (χ3v) is 11.5. The van der Waals surface area contributed by atoms with Crippen LogP contribution in [0.15, 0.2) is 60.7 Å². The molecule has 2 unspecified atom stereocenters. The normalized spacial score (nSPS) is 27.4. The zero-order chi connectivity index (χ0) is 17.7. The van der Waals surface area contributed by atoms with Gasteiger partial charge in [0.15, 0.2) is 0 Å². The van der Waals surface area contributed by atoms with Gasteiger partial charge in [0.2, 0.25) is 0 Å². The van der Waals surface area contributed by atoms with Crippen molar-refractivity contribution in [1.29, 1.82) is 0 Å². The zero-order valence-electron chi connectivity index (χ0n) is 15.8. The van der Waals surface area contributed by atoms with Crippen LogP contribution < -0.4 is 0 Å². The molecule has 2 aliphatic rings. The molecule has 1 heteroatoms. The Hall–Kier alpha value is -1.73. The Morgan fingerprint density at radius 1 is 0.800 bits per heavy atom. The van der Waals surface area contributed by atoms with Gasteiger partial charge in [0.25, 0.3) is 0 Å². The van der Waals surface area contributed by atoms with Crippen molar-refractivity contribution in [2.24, 2.45) is 0 Å². The highest BCUT2D eigenvalue weighted by molar-refractivity contribution is 8.34. The molecule has 0 amide bonds. The molecule has 0 saturated heterocycles. The first-order valence-corrected chi connectivity index (χ1v) is 11.7. The van der Waals surface area contributed by atoms with E-state index in [1.165, 1.54) is 35.1 Å². The highest BCUT2D eigenvalue weighted by Gasteiger charge is 2.53. The molecular formula is C24H28S. The maximum Gasteiger partial charge on any atom is 0.0449 e. The van der Waals surface area contributed by atoms with Crippen LogP contribution in [0, 0.1) is 0 Å². The Kier molecular flexibility index (Phi) is 3.77. The van der Waals surface area contributed by atoms with Gasteiger partial charge < -0.3 is 0 Å². The summed E-state index contributed by atoms with van der Waals surface area (Å²) < 4.78 is 0.245. The molecule has 25 heavy (non-hydrogen) atoms. The van der Waals surface area contributed by atoms with E-state index < -0.39 is 10.0 Å². The summed E-state index contributed by atoms with van der Waals surface area (Å²) in [5.74, 6) is 0. The summed E-state index contributed by atoms with van der Waals surface area (Å²) in [4.78, 5) is 0. The average Bonchev–Trinajstić information content (AvgIpc) is 3.17. The van der Waals surface area contributed by atoms with Crippen LogP contribution in [0.1, 0.15) is 48.9 Å². The van der Waals surface area contributed by atoms with Gasteiger partial charge in [0.1, 0.15) is 0 Å². The topological polar surface area (TPSA) is 0 Å². The number of hydrogen-bond acceptors (Lipinski definition) is 0. The Morgan fingerprint density at radius 2 is 1.36 bits per heavy atom. The molecule has 0 fully saturated rings. The van der Waals surface area contributed by atoms with E-state index in [1.54, 1.807) is 0 Å². The second kappa shape index (κ2) is 5.64. The molecule has 0 spiro atoms. The van der Waals surface area contributed by atoms with Gasteiger partial charge in [-0.1, -0.05) is 86.2 Å². The van der Waals surface area contributed by atoms with Gasteiger partial charge >= 0.3 is 0 Å². The van der Waals surface area contributed by atoms with Crippen molar-refractivity contribution in [3.8, 4) is 0 Å². The average molecular weight is 349 g/mol. The van der Waals surface area contributed by atoms with Gasteiger partial charge in [-0.05, 0) is 48.1 Å². The molecule has 2 aliphatic carbocycles. The molecule has 0 radical (unpaired) electrons. The highest BCUT2D eigenvalue weighted by Crippen LogP contribution is 2.75. The first-order valence-electron chi connectivity index (χ1n) is 9.26. The molecule has 4 rings (SSSR count). The summed E-state index contributed by atoms with van der Waals surface area (Å²) in [7, 11) is -1.06. The van der Waals surface area contributed by atoms with Crippen molar-refractivity contribution in [2.75, 3.05) is 12.5 Å². The Balaban J connectivity index is 1.93. The summed E-state index contributed by atoms with van der Waals surface area (Å²) in [6.07, 6.45) is 17.3. The fraction of sp³-hybridized carbons (Fsp3) is 0.333. The van der Waals surface area contributed by atoms with Crippen molar-refractivity contribution in [2.45, 2.75) is 36.2 Å². The van der Waals surface area contributed by atoms with Crippen molar-refractivity contribution in [1.82, 2.24) is 0 Å². The highest BCUT2D eigenvalue weighted by atomic mass is 32.3. The lowest BCUT2D eigenvalue weighted by molar-refractivity contribution is 0.649. The van der Waals surface area contributed by atoms with Gasteiger partial charge in [-0.25, -0.2) is 10.0 Å². The maximum atomic E-state index is 2.56. The van der Waals surface area contributed by atoms with Crippen LogP contribution in [0.5, 0.6) is 0 Å². The zero-order valence-corrected chi connectivity index (χ0v) is 16.6. The van der Waals surface area contributed by atoms with Crippen LogP contribution in [-0.4, -0.2) is 12.5 Å². The number of fused-ring (bicyclic) bond motifs is 2. The van der Waals surface area contributed by atoms with Crippen LogP contribution in [-0.2, 0) is 9.49 Å². The Labute approximate surface area is 154 Å². The third kappa shape index (κ3) is 2.08. The van der Waals surface area contributed by atoms with Crippen molar-refractivity contribution in [3.63, 3.8) is 0 Å². The van der Waals surface area contributed by atoms with E-state index >= 15 is 0 Å². The van der Waals surface area contributed by atoms with Crippen molar-refractivity contribution >= 4 is 22.2 Å². The Bertz CT molecular complexity index is 873. The van der Waals surface area contributed by atoms with Crippen LogP contribution in [0.3, 0.4) is 0 Å². The molecule has 0 heterocycles. The molecule has 0 saturated carbocycles. The lowest BCUT2D eigenvalue weighted by Gasteiger charge is -2.58. The van der Waals surface area contributed by atoms with E-state index in [9.17, 15) is 0 Å². The molecule has 0 aliphatic heterocycles. The Morgan fingerprint density at radius 3 is 2.04 bits per heavy atom. The minimum Gasteiger partial charge on any atom is -0.221 e. The van der Waals surface area contributed by atoms with Crippen molar-refractivity contribution < 1.29 is 0 Å². The predicted octanol–water partition coefficient (Wildman–Crippen LogP) is 6.72. The molecule has 0 nitrogen and oxygen atoms in total. The molecular weight excluding hydrogens is 320 g/mol. The summed E-state index contributed by atoms with van der Waals surface area (Å²) in [5, 5.41) is 0. The van der Waals surface area contributed by atoms with Gasteiger partial charge in [0, 0.05) is 9.49 Å². The molecule has 130 valence electrons. The van der Waals surface area contributed by atoms with Crippen LogP contribution in [0.2, 0.25) is 0 Å². The predicted molar refractivity (Wildman–Crippen MR) is 114 cm³/mol. The van der Waals surface area contributed by atoms with Gasteiger partial charge in [-0.2, -0.15) is 0 Å². The SMILES string of the molecule is CCCC1(S(C)(C)C2(C)C=Cc3ccccc32)C=Cc2ccccc21. The first-order chi connectivity index (χ1) is 12.0. The maximum absolute atomic E-state index is 2.56. The van der Waals surface area contributed by atoms with E-state index in [1.807, 2.05) is 0 Å². The fourth-order valence-electron chi connectivity index (χ4n) is 4.89. The van der Waals surface area contributed by atoms with Crippen LogP contribution in [0.25, 0.3) is 12.2 Å². The molecule has 2 aromatic rings. The summed E-state index contributed by atoms with van der Waals surface area (Å²) in [5.41, 5.74) is 5.85. The summed E-state index contributed by atoms with van der Waals surface area (Å²) >= 11 is 0. The minimum absolute atomic E-state index is 0.0978. The smallest absolute Gasteiger partial charge is 0.0449 e. The van der Waals surface area contributed by atoms with E-state index in [0.29, 0.717) is 0 Å². The quantitative estimate of drug-likeness (QED) is 0.575. The number of rotatable bonds is 4. The molecule has 2 aromatic carbocycles. The van der Waals surface area contributed by atoms with E-state index in [2.05, 4.69) is 99.2 Å². The van der Waals surface area contributed by atoms with E-state index in [-0.39, 0.29) is 9.49 Å². The molecule has 2 atom stereocenters. The molecule has 0 N–H and O–H groups in total. The number of benzene rings is 2. The second-order valence-electron chi connectivity index (χ2n) is 7.91. The number of hydrogen-bond donors (Lipinski definition) is 0.